The summed E-state index contributed by atoms with van der Waals surface area (Å²) in [5, 5.41) is 2.80. The first-order valence-corrected chi connectivity index (χ1v) is 7.06. The van der Waals surface area contributed by atoms with Crippen molar-refractivity contribution in [3.8, 4) is 5.75 Å². The Bertz CT molecular complexity index is 551. The Morgan fingerprint density at radius 2 is 2.19 bits per heavy atom. The molecular weight excluding hydrogens is 270 g/mol. The average Bonchev–Trinajstić information content (AvgIpc) is 2.42. The molecule has 114 valence electrons. The number of hydrogen-bond acceptors (Lipinski definition) is 4. The summed E-state index contributed by atoms with van der Waals surface area (Å²) in [5.74, 6) is 0.369. The molecule has 0 saturated heterocycles. The maximum absolute atomic E-state index is 12.1. The third-order valence-electron chi connectivity index (χ3n) is 3.33. The normalized spacial score (nSPS) is 16.0. The molecule has 0 spiro atoms. The fraction of sp³-hybridized carbons (Fsp3) is 0.500. The number of Topliss-reactive ketones (excluding diaryl/α,β-unsaturated/α-hetero) is 1. The van der Waals surface area contributed by atoms with Gasteiger partial charge >= 0.3 is 0 Å². The number of nitrogens with one attached hydrogen (secondary N) is 1. The highest BCUT2D eigenvalue weighted by atomic mass is 16.5. The van der Waals surface area contributed by atoms with Gasteiger partial charge in [0.2, 0.25) is 0 Å². The monoisotopic (exact) mass is 291 g/mol. The van der Waals surface area contributed by atoms with E-state index >= 15 is 0 Å². The summed E-state index contributed by atoms with van der Waals surface area (Å²) in [6.45, 7) is 4.90. The number of fused-ring (bicyclic) bond motifs is 1. The van der Waals surface area contributed by atoms with E-state index in [1.807, 2.05) is 13.8 Å². The second-order valence-corrected chi connectivity index (χ2v) is 5.77. The van der Waals surface area contributed by atoms with Crippen LogP contribution in [0.4, 0.5) is 0 Å². The Kier molecular flexibility index (Phi) is 4.63. The van der Waals surface area contributed by atoms with Crippen molar-refractivity contribution >= 4 is 11.7 Å². The maximum Gasteiger partial charge on any atom is 0.251 e. The minimum atomic E-state index is -0.492. The quantitative estimate of drug-likeness (QED) is 0.845. The number of carbonyl (C=O) groups excluding carboxylic acids is 2. The predicted octanol–water partition coefficient (Wildman–Crippen LogP) is 2.20. The van der Waals surface area contributed by atoms with Crippen molar-refractivity contribution in [1.82, 2.24) is 5.32 Å². The molecule has 0 fully saturated rings. The third kappa shape index (κ3) is 3.82. The molecule has 5 nitrogen and oxygen atoms in total. The second-order valence-electron chi connectivity index (χ2n) is 5.77. The second kappa shape index (κ2) is 6.26. The van der Waals surface area contributed by atoms with E-state index in [1.54, 1.807) is 25.3 Å². The Morgan fingerprint density at radius 1 is 1.43 bits per heavy atom. The van der Waals surface area contributed by atoms with Gasteiger partial charge in [-0.2, -0.15) is 0 Å². The lowest BCUT2D eigenvalue weighted by Gasteiger charge is -2.31. The summed E-state index contributed by atoms with van der Waals surface area (Å²) in [6, 6.07) is 4.98. The van der Waals surface area contributed by atoms with Crippen molar-refractivity contribution in [2.75, 3.05) is 20.3 Å². The molecule has 1 aliphatic heterocycles. The molecule has 5 heteroatoms. The fourth-order valence-corrected chi connectivity index (χ4v) is 2.31. The lowest BCUT2D eigenvalue weighted by molar-refractivity contribution is 0.0620. The number of ketones is 1. The molecule has 0 radical (unpaired) electrons. The van der Waals surface area contributed by atoms with Crippen molar-refractivity contribution in [2.24, 2.45) is 0 Å². The third-order valence-corrected chi connectivity index (χ3v) is 3.33. The molecule has 0 aliphatic carbocycles. The van der Waals surface area contributed by atoms with Gasteiger partial charge < -0.3 is 14.8 Å². The lowest BCUT2D eigenvalue weighted by Crippen LogP contribution is -2.36. The molecule has 1 aliphatic rings. The highest BCUT2D eigenvalue weighted by Gasteiger charge is 2.32. The van der Waals surface area contributed by atoms with Crippen LogP contribution in [0.25, 0.3) is 0 Å². The summed E-state index contributed by atoms with van der Waals surface area (Å²) < 4.78 is 10.7. The zero-order valence-electron chi connectivity index (χ0n) is 12.7. The van der Waals surface area contributed by atoms with Gasteiger partial charge in [0.25, 0.3) is 5.91 Å². The van der Waals surface area contributed by atoms with Crippen LogP contribution in [0.1, 0.15) is 47.4 Å². The van der Waals surface area contributed by atoms with E-state index in [-0.39, 0.29) is 11.7 Å². The van der Waals surface area contributed by atoms with Gasteiger partial charge in [-0.1, -0.05) is 0 Å². The van der Waals surface area contributed by atoms with Gasteiger partial charge in [0.15, 0.2) is 5.78 Å². The first kappa shape index (κ1) is 15.5. The molecule has 1 amide bonds. The summed E-state index contributed by atoms with van der Waals surface area (Å²) in [4.78, 5) is 24.2. The van der Waals surface area contributed by atoms with E-state index < -0.39 is 5.60 Å². The number of hydrogen-bond donors (Lipinski definition) is 1. The number of rotatable bonds is 5. The minimum absolute atomic E-state index is 0.00952. The standard InChI is InChI=1S/C16H21NO4/c1-16(2)10-13(18)12-9-11(5-6-14(12)21-16)15(19)17-7-4-8-20-3/h5-6,9H,4,7-8,10H2,1-3H3,(H,17,19). The van der Waals surface area contributed by atoms with Crippen LogP contribution in [-0.2, 0) is 4.74 Å². The van der Waals surface area contributed by atoms with Crippen LogP contribution in [-0.4, -0.2) is 37.6 Å². The number of benzene rings is 1. The first-order valence-electron chi connectivity index (χ1n) is 7.06. The van der Waals surface area contributed by atoms with Gasteiger partial charge in [0, 0.05) is 25.8 Å². The number of carbonyl (C=O) groups is 2. The number of methoxy groups -OCH3 is 1. The molecule has 1 N–H and O–H groups in total. The number of ether oxygens (including phenoxy) is 2. The molecule has 0 saturated carbocycles. The van der Waals surface area contributed by atoms with Crippen LogP contribution < -0.4 is 10.1 Å². The molecule has 0 unspecified atom stereocenters. The van der Waals surface area contributed by atoms with Crippen LogP contribution in [0.3, 0.4) is 0 Å². The van der Waals surface area contributed by atoms with Gasteiger partial charge in [0.1, 0.15) is 11.4 Å². The predicted molar refractivity (Wildman–Crippen MR) is 78.9 cm³/mol. The topological polar surface area (TPSA) is 64.6 Å². The van der Waals surface area contributed by atoms with Crippen LogP contribution in [0.2, 0.25) is 0 Å². The van der Waals surface area contributed by atoms with E-state index in [1.165, 1.54) is 0 Å². The molecule has 1 heterocycles. The van der Waals surface area contributed by atoms with Crippen molar-refractivity contribution in [3.63, 3.8) is 0 Å². The highest BCUT2D eigenvalue weighted by Crippen LogP contribution is 2.33. The smallest absolute Gasteiger partial charge is 0.251 e. The van der Waals surface area contributed by atoms with Gasteiger partial charge in [0.05, 0.1) is 12.0 Å². The Balaban J connectivity index is 2.09. The average molecular weight is 291 g/mol. The van der Waals surface area contributed by atoms with Gasteiger partial charge in [-0.15, -0.1) is 0 Å². The van der Waals surface area contributed by atoms with Crippen molar-refractivity contribution in [3.05, 3.63) is 29.3 Å². The summed E-state index contributed by atoms with van der Waals surface area (Å²) in [7, 11) is 1.62. The minimum Gasteiger partial charge on any atom is -0.487 e. The van der Waals surface area contributed by atoms with Gasteiger partial charge in [-0.3, -0.25) is 9.59 Å². The van der Waals surface area contributed by atoms with Gasteiger partial charge in [-0.25, -0.2) is 0 Å². The van der Waals surface area contributed by atoms with Crippen LogP contribution in [0.5, 0.6) is 5.75 Å². The fourth-order valence-electron chi connectivity index (χ4n) is 2.31. The van der Waals surface area contributed by atoms with Crippen molar-refractivity contribution < 1.29 is 19.1 Å². The molecular formula is C16H21NO4. The van der Waals surface area contributed by atoms with Crippen molar-refractivity contribution in [2.45, 2.75) is 32.3 Å². The summed E-state index contributed by atoms with van der Waals surface area (Å²) in [5.41, 5.74) is 0.468. The van der Waals surface area contributed by atoms with Crippen molar-refractivity contribution in [1.29, 1.82) is 0 Å². The van der Waals surface area contributed by atoms with Gasteiger partial charge in [-0.05, 0) is 38.5 Å². The summed E-state index contributed by atoms with van der Waals surface area (Å²) >= 11 is 0. The summed E-state index contributed by atoms with van der Waals surface area (Å²) in [6.07, 6.45) is 1.07. The van der Waals surface area contributed by atoms with E-state index in [2.05, 4.69) is 5.32 Å². The van der Waals surface area contributed by atoms with E-state index in [4.69, 9.17) is 9.47 Å². The first-order chi connectivity index (χ1) is 9.93. The Morgan fingerprint density at radius 3 is 2.90 bits per heavy atom. The van der Waals surface area contributed by atoms with Crippen LogP contribution in [0.15, 0.2) is 18.2 Å². The van der Waals surface area contributed by atoms with E-state index in [0.717, 1.165) is 6.42 Å². The molecule has 1 aromatic carbocycles. The molecule has 2 rings (SSSR count). The Hall–Kier alpha value is -1.88. The molecule has 21 heavy (non-hydrogen) atoms. The largest absolute Gasteiger partial charge is 0.487 e. The molecule has 0 atom stereocenters. The van der Waals surface area contributed by atoms with E-state index in [0.29, 0.717) is 36.4 Å². The van der Waals surface area contributed by atoms with Crippen LogP contribution >= 0.6 is 0 Å². The highest BCUT2D eigenvalue weighted by molar-refractivity contribution is 6.03. The SMILES string of the molecule is COCCCNC(=O)c1ccc2c(c1)C(=O)CC(C)(C)O2. The van der Waals surface area contributed by atoms with Crippen LogP contribution in [0, 0.1) is 0 Å². The zero-order chi connectivity index (χ0) is 15.5. The molecule has 1 aromatic rings. The maximum atomic E-state index is 12.1. The lowest BCUT2D eigenvalue weighted by atomic mass is 9.92. The Labute approximate surface area is 124 Å². The number of amides is 1. The molecule has 0 bridgehead atoms. The van der Waals surface area contributed by atoms with E-state index in [9.17, 15) is 9.59 Å². The molecule has 0 aromatic heterocycles. The zero-order valence-corrected chi connectivity index (χ0v) is 12.7.